The van der Waals surface area contributed by atoms with E-state index in [2.05, 4.69) is 9.71 Å². The Morgan fingerprint density at radius 3 is 2.85 bits per heavy atom. The largest absolute Gasteiger partial charge is 0.386 e. The van der Waals surface area contributed by atoms with Gasteiger partial charge in [-0.15, -0.1) is 0 Å². The second kappa shape index (κ2) is 5.56. The number of pyridine rings is 1. The average molecular weight is 292 g/mol. The van der Waals surface area contributed by atoms with Crippen molar-refractivity contribution in [3.05, 3.63) is 36.7 Å². The number of amidine groups is 1. The van der Waals surface area contributed by atoms with E-state index < -0.39 is 16.1 Å². The number of nitrogens with one attached hydrogen (secondary N) is 2. The number of benzene rings is 1. The van der Waals surface area contributed by atoms with Gasteiger partial charge in [0.05, 0.1) is 10.9 Å². The van der Waals surface area contributed by atoms with Crippen LogP contribution < -0.4 is 10.5 Å². The Bertz CT molecular complexity index is 738. The zero-order chi connectivity index (χ0) is 14.8. The van der Waals surface area contributed by atoms with Gasteiger partial charge in [-0.3, -0.25) is 10.4 Å². The van der Waals surface area contributed by atoms with E-state index in [1.165, 1.54) is 6.07 Å². The minimum absolute atomic E-state index is 0.164. The summed E-state index contributed by atoms with van der Waals surface area (Å²) < 4.78 is 27.3. The van der Waals surface area contributed by atoms with Gasteiger partial charge in [0.25, 0.3) is 0 Å². The topological polar surface area (TPSA) is 109 Å². The van der Waals surface area contributed by atoms with Gasteiger partial charge >= 0.3 is 0 Å². The number of hydrogen-bond acceptors (Lipinski definition) is 4. The highest BCUT2D eigenvalue weighted by molar-refractivity contribution is 7.89. The molecule has 0 aliphatic rings. The Morgan fingerprint density at radius 2 is 2.20 bits per heavy atom. The standard InChI is InChI=1S/C13H16N4O2S/c1-2-11(13(14)15)17-20(18,19)12-5-3-4-9-8-16-7-6-10(9)12/h3-8,11,17H,2H2,1H3,(H3,14,15). The van der Waals surface area contributed by atoms with Gasteiger partial charge < -0.3 is 5.73 Å². The van der Waals surface area contributed by atoms with Crippen LogP contribution in [-0.2, 0) is 10.0 Å². The maximum atomic E-state index is 12.4. The quantitative estimate of drug-likeness (QED) is 0.568. The van der Waals surface area contributed by atoms with Gasteiger partial charge in [-0.2, -0.15) is 0 Å². The van der Waals surface area contributed by atoms with Crippen LogP contribution in [0, 0.1) is 5.41 Å². The summed E-state index contributed by atoms with van der Waals surface area (Å²) in [5, 5.41) is 8.73. The molecule has 0 aliphatic carbocycles. The SMILES string of the molecule is CCC(NS(=O)(=O)c1cccc2cnccc12)C(=N)N. The van der Waals surface area contributed by atoms with Crippen LogP contribution in [0.5, 0.6) is 0 Å². The molecule has 0 radical (unpaired) electrons. The minimum atomic E-state index is -3.74. The fourth-order valence-corrected chi connectivity index (χ4v) is 3.47. The van der Waals surface area contributed by atoms with Gasteiger partial charge in [0, 0.05) is 23.2 Å². The summed E-state index contributed by atoms with van der Waals surface area (Å²) >= 11 is 0. The smallest absolute Gasteiger partial charge is 0.241 e. The lowest BCUT2D eigenvalue weighted by Gasteiger charge is -2.16. The molecule has 106 valence electrons. The van der Waals surface area contributed by atoms with Crippen molar-refractivity contribution in [2.75, 3.05) is 0 Å². The number of rotatable bonds is 5. The molecule has 0 spiro atoms. The molecule has 0 aliphatic heterocycles. The van der Waals surface area contributed by atoms with E-state index >= 15 is 0 Å². The lowest BCUT2D eigenvalue weighted by molar-refractivity contribution is 0.572. The Morgan fingerprint density at radius 1 is 1.45 bits per heavy atom. The molecule has 1 unspecified atom stereocenters. The van der Waals surface area contributed by atoms with Crippen LogP contribution in [-0.4, -0.2) is 25.3 Å². The van der Waals surface area contributed by atoms with E-state index in [0.29, 0.717) is 11.8 Å². The third-order valence-corrected chi connectivity index (χ3v) is 4.54. The van der Waals surface area contributed by atoms with Gasteiger partial charge in [-0.1, -0.05) is 19.1 Å². The van der Waals surface area contributed by atoms with Crippen LogP contribution in [0.25, 0.3) is 10.8 Å². The predicted molar refractivity (Wildman–Crippen MR) is 78.1 cm³/mol. The van der Waals surface area contributed by atoms with Crippen LogP contribution in [0.2, 0.25) is 0 Å². The summed E-state index contributed by atoms with van der Waals surface area (Å²) in [5.41, 5.74) is 5.39. The summed E-state index contributed by atoms with van der Waals surface area (Å²) in [5.74, 6) is -0.196. The number of nitrogens with zero attached hydrogens (tertiary/aromatic N) is 1. The minimum Gasteiger partial charge on any atom is -0.386 e. The molecule has 0 saturated heterocycles. The summed E-state index contributed by atoms with van der Waals surface area (Å²) in [6.45, 7) is 1.77. The van der Waals surface area contributed by atoms with Crippen molar-refractivity contribution in [2.24, 2.45) is 5.73 Å². The lowest BCUT2D eigenvalue weighted by Crippen LogP contribution is -2.43. The van der Waals surface area contributed by atoms with E-state index in [1.807, 2.05) is 0 Å². The number of aromatic nitrogens is 1. The molecule has 0 fully saturated rings. The van der Waals surface area contributed by atoms with Gasteiger partial charge in [0.1, 0.15) is 5.84 Å². The van der Waals surface area contributed by atoms with Gasteiger partial charge in [-0.05, 0) is 18.6 Å². The monoisotopic (exact) mass is 292 g/mol. The first-order valence-corrected chi connectivity index (χ1v) is 7.63. The fraction of sp³-hybridized carbons (Fsp3) is 0.231. The van der Waals surface area contributed by atoms with Gasteiger partial charge in [0.15, 0.2) is 0 Å². The molecular formula is C13H16N4O2S. The van der Waals surface area contributed by atoms with Gasteiger partial charge in [-0.25, -0.2) is 13.1 Å². The molecule has 2 aromatic rings. The molecule has 1 heterocycles. The summed E-state index contributed by atoms with van der Waals surface area (Å²) in [4.78, 5) is 4.14. The summed E-state index contributed by atoms with van der Waals surface area (Å²) in [7, 11) is -3.74. The molecule has 2 rings (SSSR count). The molecule has 0 bridgehead atoms. The fourth-order valence-electron chi connectivity index (χ4n) is 1.94. The maximum Gasteiger partial charge on any atom is 0.241 e. The number of fused-ring (bicyclic) bond motifs is 1. The second-order valence-electron chi connectivity index (χ2n) is 4.39. The maximum absolute atomic E-state index is 12.4. The first kappa shape index (κ1) is 14.4. The highest BCUT2D eigenvalue weighted by Gasteiger charge is 2.22. The number of hydrogen-bond donors (Lipinski definition) is 3. The van der Waals surface area contributed by atoms with Crippen molar-refractivity contribution in [2.45, 2.75) is 24.3 Å². The molecule has 7 heteroatoms. The van der Waals surface area contributed by atoms with Crippen molar-refractivity contribution in [1.29, 1.82) is 5.41 Å². The van der Waals surface area contributed by atoms with Crippen molar-refractivity contribution in [3.8, 4) is 0 Å². The van der Waals surface area contributed by atoms with Crippen LogP contribution >= 0.6 is 0 Å². The zero-order valence-electron chi connectivity index (χ0n) is 11.0. The van der Waals surface area contributed by atoms with Crippen LogP contribution in [0.4, 0.5) is 0 Å². The van der Waals surface area contributed by atoms with E-state index in [0.717, 1.165) is 5.39 Å². The van der Waals surface area contributed by atoms with Crippen molar-refractivity contribution in [1.82, 2.24) is 9.71 Å². The highest BCUT2D eigenvalue weighted by Crippen LogP contribution is 2.22. The van der Waals surface area contributed by atoms with E-state index in [-0.39, 0.29) is 10.7 Å². The average Bonchev–Trinajstić information content (AvgIpc) is 2.43. The van der Waals surface area contributed by atoms with Crippen molar-refractivity contribution >= 4 is 26.6 Å². The molecular weight excluding hydrogens is 276 g/mol. The third-order valence-electron chi connectivity index (χ3n) is 3.01. The van der Waals surface area contributed by atoms with E-state index in [4.69, 9.17) is 11.1 Å². The molecule has 6 nitrogen and oxygen atoms in total. The molecule has 0 saturated carbocycles. The molecule has 1 aromatic carbocycles. The first-order valence-electron chi connectivity index (χ1n) is 6.14. The summed E-state index contributed by atoms with van der Waals surface area (Å²) in [6.07, 6.45) is 3.57. The van der Waals surface area contributed by atoms with Crippen LogP contribution in [0.15, 0.2) is 41.6 Å². The Hall–Kier alpha value is -1.99. The molecule has 4 N–H and O–H groups in total. The van der Waals surface area contributed by atoms with Crippen LogP contribution in [0.1, 0.15) is 13.3 Å². The lowest BCUT2D eigenvalue weighted by atomic mass is 10.2. The van der Waals surface area contributed by atoms with Crippen LogP contribution in [0.3, 0.4) is 0 Å². The predicted octanol–water partition coefficient (Wildman–Crippen LogP) is 1.23. The van der Waals surface area contributed by atoms with E-state index in [9.17, 15) is 8.42 Å². The number of nitrogens with two attached hydrogens (primary N) is 1. The summed E-state index contributed by atoms with van der Waals surface area (Å²) in [6, 6.07) is 5.93. The molecule has 20 heavy (non-hydrogen) atoms. The third kappa shape index (κ3) is 2.78. The normalized spacial score (nSPS) is 13.2. The van der Waals surface area contributed by atoms with Crippen molar-refractivity contribution in [3.63, 3.8) is 0 Å². The zero-order valence-corrected chi connectivity index (χ0v) is 11.8. The molecule has 1 atom stereocenters. The van der Waals surface area contributed by atoms with E-state index in [1.54, 1.807) is 37.5 Å². The Kier molecular flexibility index (Phi) is 4.01. The number of sulfonamides is 1. The van der Waals surface area contributed by atoms with Crippen molar-refractivity contribution < 1.29 is 8.42 Å². The molecule has 0 amide bonds. The first-order chi connectivity index (χ1) is 9.45. The Labute approximate surface area is 117 Å². The molecule has 1 aromatic heterocycles. The second-order valence-corrected chi connectivity index (χ2v) is 6.07. The van der Waals surface area contributed by atoms with Gasteiger partial charge in [0.2, 0.25) is 10.0 Å². The highest BCUT2D eigenvalue weighted by atomic mass is 32.2. The Balaban J connectivity index is 2.50.